The van der Waals surface area contributed by atoms with Gasteiger partial charge in [0.1, 0.15) is 5.75 Å². The van der Waals surface area contributed by atoms with Crippen LogP contribution in [0.5, 0.6) is 5.75 Å². The van der Waals surface area contributed by atoms with Crippen LogP contribution >= 0.6 is 15.9 Å². The Morgan fingerprint density at radius 3 is 2.58 bits per heavy atom. The van der Waals surface area contributed by atoms with E-state index in [9.17, 15) is 14.7 Å². The summed E-state index contributed by atoms with van der Waals surface area (Å²) >= 11 is 3.20. The van der Waals surface area contributed by atoms with E-state index in [0.29, 0.717) is 11.0 Å². The molecular formula is C13H14BrNO4. The molecule has 0 spiro atoms. The maximum absolute atomic E-state index is 12.3. The molecule has 0 aliphatic carbocycles. The fourth-order valence-corrected chi connectivity index (χ4v) is 2.66. The Morgan fingerprint density at radius 2 is 2.05 bits per heavy atom. The van der Waals surface area contributed by atoms with Crippen molar-refractivity contribution in [3.63, 3.8) is 0 Å². The van der Waals surface area contributed by atoms with Crippen LogP contribution in [0.25, 0.3) is 0 Å². The molecule has 2 atom stereocenters. The predicted octanol–water partition coefficient (Wildman–Crippen LogP) is 1.95. The van der Waals surface area contributed by atoms with E-state index < -0.39 is 11.9 Å². The summed E-state index contributed by atoms with van der Waals surface area (Å²) in [6.45, 7) is 2.39. The molecule has 1 fully saturated rings. The third-order valence-corrected chi connectivity index (χ3v) is 3.90. The zero-order valence-electron chi connectivity index (χ0n) is 10.3. The summed E-state index contributed by atoms with van der Waals surface area (Å²) < 4.78 is 0.680. The number of carbonyl (C=O) groups is 2. The van der Waals surface area contributed by atoms with Crippen LogP contribution in [0, 0.1) is 11.8 Å². The average molecular weight is 328 g/mol. The molecule has 1 saturated heterocycles. The van der Waals surface area contributed by atoms with E-state index in [4.69, 9.17) is 5.11 Å². The van der Waals surface area contributed by atoms with Gasteiger partial charge in [-0.25, -0.2) is 0 Å². The van der Waals surface area contributed by atoms with E-state index in [1.807, 2.05) is 6.92 Å². The quantitative estimate of drug-likeness (QED) is 0.870. The minimum atomic E-state index is -0.886. The minimum absolute atomic E-state index is 0.0842. The van der Waals surface area contributed by atoms with Crippen molar-refractivity contribution in [3.8, 4) is 5.75 Å². The third-order valence-electron chi connectivity index (χ3n) is 3.41. The first-order valence-corrected chi connectivity index (χ1v) is 6.70. The van der Waals surface area contributed by atoms with Gasteiger partial charge >= 0.3 is 5.97 Å². The highest BCUT2D eigenvalue weighted by molar-refractivity contribution is 9.10. The molecule has 0 aromatic heterocycles. The number of carboxylic acids is 1. The molecule has 6 heteroatoms. The SMILES string of the molecule is C[C@@H]1CN(C(=O)c2ccc(Br)cc2O)C[C@H]1C(=O)O. The lowest BCUT2D eigenvalue weighted by Crippen LogP contribution is -2.30. The largest absolute Gasteiger partial charge is 0.507 e. The molecule has 5 nitrogen and oxygen atoms in total. The lowest BCUT2D eigenvalue weighted by atomic mass is 9.99. The van der Waals surface area contributed by atoms with E-state index in [1.165, 1.54) is 17.0 Å². The van der Waals surface area contributed by atoms with Crippen molar-refractivity contribution in [1.82, 2.24) is 4.90 Å². The molecule has 1 aliphatic rings. The number of hydrogen-bond donors (Lipinski definition) is 2. The van der Waals surface area contributed by atoms with E-state index in [0.717, 1.165) is 0 Å². The van der Waals surface area contributed by atoms with Crippen LogP contribution in [0.2, 0.25) is 0 Å². The number of carbonyl (C=O) groups excluding carboxylic acids is 1. The van der Waals surface area contributed by atoms with E-state index in [-0.39, 0.29) is 29.7 Å². The van der Waals surface area contributed by atoms with Gasteiger partial charge in [0.05, 0.1) is 11.5 Å². The van der Waals surface area contributed by atoms with Gasteiger partial charge in [-0.05, 0) is 24.1 Å². The fourth-order valence-electron chi connectivity index (χ4n) is 2.31. The molecule has 1 aliphatic heterocycles. The fraction of sp³-hybridized carbons (Fsp3) is 0.385. The van der Waals surface area contributed by atoms with Crippen molar-refractivity contribution >= 4 is 27.8 Å². The van der Waals surface area contributed by atoms with Crippen LogP contribution in [0.3, 0.4) is 0 Å². The van der Waals surface area contributed by atoms with E-state index in [1.54, 1.807) is 6.07 Å². The maximum Gasteiger partial charge on any atom is 0.308 e. The lowest BCUT2D eigenvalue weighted by Gasteiger charge is -2.16. The highest BCUT2D eigenvalue weighted by Crippen LogP contribution is 2.28. The third kappa shape index (κ3) is 2.73. The van der Waals surface area contributed by atoms with Gasteiger partial charge in [-0.2, -0.15) is 0 Å². The summed E-state index contributed by atoms with van der Waals surface area (Å²) in [6.07, 6.45) is 0. The van der Waals surface area contributed by atoms with Gasteiger partial charge in [0.2, 0.25) is 0 Å². The summed E-state index contributed by atoms with van der Waals surface area (Å²) in [5.74, 6) is -1.95. The topological polar surface area (TPSA) is 77.8 Å². The Balaban J connectivity index is 2.19. The zero-order valence-corrected chi connectivity index (χ0v) is 11.9. The second kappa shape index (κ2) is 5.21. The molecule has 0 saturated carbocycles. The van der Waals surface area contributed by atoms with Crippen LogP contribution in [-0.4, -0.2) is 40.1 Å². The lowest BCUT2D eigenvalue weighted by molar-refractivity contribution is -0.142. The molecule has 2 N–H and O–H groups in total. The van der Waals surface area contributed by atoms with Crippen molar-refractivity contribution in [1.29, 1.82) is 0 Å². The second-order valence-electron chi connectivity index (χ2n) is 4.79. The Labute approximate surface area is 119 Å². The van der Waals surface area contributed by atoms with Crippen LogP contribution in [0.4, 0.5) is 0 Å². The molecule has 1 heterocycles. The number of amides is 1. The van der Waals surface area contributed by atoms with E-state index >= 15 is 0 Å². The molecule has 0 unspecified atom stereocenters. The first-order valence-electron chi connectivity index (χ1n) is 5.90. The number of phenols is 1. The molecule has 1 aromatic carbocycles. The number of phenolic OH excluding ortho intramolecular Hbond substituents is 1. The van der Waals surface area contributed by atoms with Crippen molar-refractivity contribution in [2.75, 3.05) is 13.1 Å². The number of halogens is 1. The molecule has 0 bridgehead atoms. The molecule has 19 heavy (non-hydrogen) atoms. The van der Waals surface area contributed by atoms with Gasteiger partial charge in [0.15, 0.2) is 0 Å². The van der Waals surface area contributed by atoms with Crippen molar-refractivity contribution < 1.29 is 19.8 Å². The normalized spacial score (nSPS) is 22.5. The van der Waals surface area contributed by atoms with Crippen molar-refractivity contribution in [3.05, 3.63) is 28.2 Å². The average Bonchev–Trinajstić information content (AvgIpc) is 2.70. The van der Waals surface area contributed by atoms with Gasteiger partial charge in [0, 0.05) is 17.6 Å². The van der Waals surface area contributed by atoms with Gasteiger partial charge in [0.25, 0.3) is 5.91 Å². The highest BCUT2D eigenvalue weighted by Gasteiger charge is 2.37. The summed E-state index contributed by atoms with van der Waals surface area (Å²) in [4.78, 5) is 24.8. The molecule has 102 valence electrons. The van der Waals surface area contributed by atoms with Gasteiger partial charge in [-0.15, -0.1) is 0 Å². The monoisotopic (exact) mass is 327 g/mol. The standard InChI is InChI=1S/C13H14BrNO4/c1-7-5-15(6-10(7)13(18)19)12(17)9-3-2-8(14)4-11(9)16/h2-4,7,10,16H,5-6H2,1H3,(H,18,19)/t7-,10-/m1/s1. The number of carboxylic acid groups (broad SMARTS) is 1. The smallest absolute Gasteiger partial charge is 0.308 e. The zero-order chi connectivity index (χ0) is 14.2. The van der Waals surface area contributed by atoms with Gasteiger partial charge in [-0.1, -0.05) is 22.9 Å². The van der Waals surface area contributed by atoms with Crippen molar-refractivity contribution in [2.45, 2.75) is 6.92 Å². The summed E-state index contributed by atoms with van der Waals surface area (Å²) in [5.41, 5.74) is 0.196. The molecule has 1 aromatic rings. The summed E-state index contributed by atoms with van der Waals surface area (Å²) in [7, 11) is 0. The summed E-state index contributed by atoms with van der Waals surface area (Å²) in [5, 5.41) is 18.8. The highest BCUT2D eigenvalue weighted by atomic mass is 79.9. The molecule has 0 radical (unpaired) electrons. The van der Waals surface area contributed by atoms with Crippen LogP contribution in [0.1, 0.15) is 17.3 Å². The number of aromatic hydroxyl groups is 1. The number of nitrogens with zero attached hydrogens (tertiary/aromatic N) is 1. The Kier molecular flexibility index (Phi) is 3.80. The van der Waals surface area contributed by atoms with Crippen LogP contribution in [-0.2, 0) is 4.79 Å². The molecule has 1 amide bonds. The number of hydrogen-bond acceptors (Lipinski definition) is 3. The number of benzene rings is 1. The van der Waals surface area contributed by atoms with Crippen molar-refractivity contribution in [2.24, 2.45) is 11.8 Å². The first kappa shape index (κ1) is 13.9. The minimum Gasteiger partial charge on any atom is -0.507 e. The summed E-state index contributed by atoms with van der Waals surface area (Å²) in [6, 6.07) is 4.64. The Morgan fingerprint density at radius 1 is 1.37 bits per heavy atom. The predicted molar refractivity (Wildman–Crippen MR) is 72.0 cm³/mol. The first-order chi connectivity index (χ1) is 8.90. The van der Waals surface area contributed by atoms with Crippen LogP contribution < -0.4 is 0 Å². The molecule has 2 rings (SSSR count). The molecular weight excluding hydrogens is 314 g/mol. The Bertz CT molecular complexity index is 531. The number of aliphatic carboxylic acids is 1. The van der Waals surface area contributed by atoms with E-state index in [2.05, 4.69) is 15.9 Å². The van der Waals surface area contributed by atoms with Crippen LogP contribution in [0.15, 0.2) is 22.7 Å². The number of rotatable bonds is 2. The van der Waals surface area contributed by atoms with Gasteiger partial charge < -0.3 is 15.1 Å². The number of likely N-dealkylation sites (tertiary alicyclic amines) is 1. The van der Waals surface area contributed by atoms with Gasteiger partial charge in [-0.3, -0.25) is 9.59 Å². The second-order valence-corrected chi connectivity index (χ2v) is 5.71. The maximum atomic E-state index is 12.3. The Hall–Kier alpha value is -1.56.